The Labute approximate surface area is 123 Å². The van der Waals surface area contributed by atoms with Crippen LogP contribution in [0.5, 0.6) is 5.75 Å². The van der Waals surface area contributed by atoms with Gasteiger partial charge in [-0.15, -0.1) is 0 Å². The van der Waals surface area contributed by atoms with Crippen LogP contribution in [-0.2, 0) is 0 Å². The minimum atomic E-state index is -0.648. The summed E-state index contributed by atoms with van der Waals surface area (Å²) in [4.78, 5) is 0. The minimum absolute atomic E-state index is 0.0529. The van der Waals surface area contributed by atoms with E-state index in [0.717, 1.165) is 19.3 Å². The highest BCUT2D eigenvalue weighted by atomic mass is 35.5. The van der Waals surface area contributed by atoms with Crippen LogP contribution in [0.4, 0.5) is 4.39 Å². The lowest BCUT2D eigenvalue weighted by Crippen LogP contribution is -2.37. The minimum Gasteiger partial charge on any atom is -0.491 e. The average Bonchev–Trinajstić information content (AvgIpc) is 2.83. The normalized spacial score (nSPS) is 23.8. The molecule has 0 bridgehead atoms. The van der Waals surface area contributed by atoms with Gasteiger partial charge in [-0.3, -0.25) is 0 Å². The maximum atomic E-state index is 13.2. The molecule has 0 radical (unpaired) electrons. The number of aliphatic hydroxyl groups is 1. The third-order valence-electron chi connectivity index (χ3n) is 3.45. The first-order valence-electron chi connectivity index (χ1n) is 6.79. The molecule has 0 heterocycles. The Kier molecular flexibility index (Phi) is 5.60. The fourth-order valence-corrected chi connectivity index (χ4v) is 2.44. The molecule has 1 saturated carbocycles. The SMILES string of the molecule is N[C@H]1CC[C@@H](NCC(O)COc2ccc(Cl)c(F)c2)C1. The van der Waals surface area contributed by atoms with Crippen LogP contribution in [0.3, 0.4) is 0 Å². The number of aliphatic hydroxyl groups excluding tert-OH is 1. The van der Waals surface area contributed by atoms with Crippen LogP contribution in [0, 0.1) is 5.82 Å². The summed E-state index contributed by atoms with van der Waals surface area (Å²) in [5, 5.41) is 13.1. The monoisotopic (exact) mass is 302 g/mol. The summed E-state index contributed by atoms with van der Waals surface area (Å²) in [5.74, 6) is -0.175. The number of ether oxygens (including phenoxy) is 1. The Morgan fingerprint density at radius 2 is 2.30 bits per heavy atom. The van der Waals surface area contributed by atoms with Crippen molar-refractivity contribution in [3.63, 3.8) is 0 Å². The molecule has 3 atom stereocenters. The lowest BCUT2D eigenvalue weighted by Gasteiger charge is -2.17. The maximum Gasteiger partial charge on any atom is 0.145 e. The van der Waals surface area contributed by atoms with Gasteiger partial charge in [-0.1, -0.05) is 11.6 Å². The second-order valence-electron chi connectivity index (χ2n) is 5.22. The highest BCUT2D eigenvalue weighted by molar-refractivity contribution is 6.30. The van der Waals surface area contributed by atoms with Crippen molar-refractivity contribution >= 4 is 11.6 Å². The molecule has 0 aliphatic heterocycles. The Balaban J connectivity index is 1.69. The van der Waals surface area contributed by atoms with Crippen molar-refractivity contribution in [2.45, 2.75) is 37.5 Å². The predicted octanol–water partition coefficient (Wildman–Crippen LogP) is 1.69. The van der Waals surface area contributed by atoms with Crippen molar-refractivity contribution in [1.82, 2.24) is 5.32 Å². The topological polar surface area (TPSA) is 67.5 Å². The van der Waals surface area contributed by atoms with E-state index in [1.54, 1.807) is 6.07 Å². The summed E-state index contributed by atoms with van der Waals surface area (Å²) >= 11 is 5.58. The van der Waals surface area contributed by atoms with E-state index in [1.165, 1.54) is 12.1 Å². The van der Waals surface area contributed by atoms with E-state index in [2.05, 4.69) is 5.32 Å². The number of nitrogens with two attached hydrogens (primary N) is 1. The molecule has 1 fully saturated rings. The summed E-state index contributed by atoms with van der Waals surface area (Å²) in [6, 6.07) is 4.84. The average molecular weight is 303 g/mol. The van der Waals surface area contributed by atoms with E-state index in [9.17, 15) is 9.50 Å². The Hall–Kier alpha value is -0.880. The molecule has 0 aromatic heterocycles. The van der Waals surface area contributed by atoms with Gasteiger partial charge in [-0.05, 0) is 31.4 Å². The molecule has 0 saturated heterocycles. The van der Waals surface area contributed by atoms with E-state index in [4.69, 9.17) is 22.1 Å². The molecule has 1 unspecified atom stereocenters. The molecule has 4 N–H and O–H groups in total. The van der Waals surface area contributed by atoms with Crippen LogP contribution < -0.4 is 15.8 Å². The Morgan fingerprint density at radius 3 is 2.95 bits per heavy atom. The number of hydrogen-bond acceptors (Lipinski definition) is 4. The lowest BCUT2D eigenvalue weighted by atomic mass is 10.2. The van der Waals surface area contributed by atoms with E-state index < -0.39 is 11.9 Å². The molecule has 2 rings (SSSR count). The zero-order chi connectivity index (χ0) is 14.5. The standard InChI is InChI=1S/C14H20ClFN2O2/c15-13-4-3-12(6-14(13)16)20-8-11(19)7-18-10-2-1-9(17)5-10/h3-4,6,9-11,18-19H,1-2,5,7-8,17H2/t9-,10+,11?/m0/s1. The Morgan fingerprint density at radius 1 is 1.50 bits per heavy atom. The van der Waals surface area contributed by atoms with Crippen LogP contribution in [0.2, 0.25) is 5.02 Å². The van der Waals surface area contributed by atoms with Crippen molar-refractivity contribution in [3.05, 3.63) is 29.0 Å². The first-order valence-corrected chi connectivity index (χ1v) is 7.17. The van der Waals surface area contributed by atoms with Gasteiger partial charge < -0.3 is 20.9 Å². The molecule has 1 aliphatic rings. The quantitative estimate of drug-likeness (QED) is 0.748. The smallest absolute Gasteiger partial charge is 0.145 e. The van der Waals surface area contributed by atoms with Crippen molar-refractivity contribution in [1.29, 1.82) is 0 Å². The number of nitrogens with one attached hydrogen (secondary N) is 1. The first-order chi connectivity index (χ1) is 9.54. The third kappa shape index (κ3) is 4.59. The molecular weight excluding hydrogens is 283 g/mol. The second kappa shape index (κ2) is 7.22. The number of benzene rings is 1. The van der Waals surface area contributed by atoms with Crippen LogP contribution in [0.1, 0.15) is 19.3 Å². The lowest BCUT2D eigenvalue weighted by molar-refractivity contribution is 0.103. The summed E-state index contributed by atoms with van der Waals surface area (Å²) in [6.07, 6.45) is 2.35. The molecule has 1 aromatic carbocycles. The van der Waals surface area contributed by atoms with Crippen molar-refractivity contribution in [2.24, 2.45) is 5.73 Å². The van der Waals surface area contributed by atoms with Crippen LogP contribution in [0.25, 0.3) is 0 Å². The van der Waals surface area contributed by atoms with Crippen LogP contribution in [0.15, 0.2) is 18.2 Å². The van der Waals surface area contributed by atoms with E-state index in [-0.39, 0.29) is 17.7 Å². The molecule has 1 aromatic rings. The number of rotatable bonds is 6. The van der Waals surface area contributed by atoms with Gasteiger partial charge in [0.25, 0.3) is 0 Å². The number of halogens is 2. The summed E-state index contributed by atoms with van der Waals surface area (Å²) in [5.41, 5.74) is 5.82. The zero-order valence-corrected chi connectivity index (χ0v) is 11.9. The number of hydrogen-bond donors (Lipinski definition) is 3. The van der Waals surface area contributed by atoms with Gasteiger partial charge >= 0.3 is 0 Å². The van der Waals surface area contributed by atoms with Gasteiger partial charge in [0.05, 0.1) is 5.02 Å². The predicted molar refractivity (Wildman–Crippen MR) is 76.5 cm³/mol. The largest absolute Gasteiger partial charge is 0.491 e. The Bertz CT molecular complexity index is 447. The van der Waals surface area contributed by atoms with Gasteiger partial charge in [0.2, 0.25) is 0 Å². The summed E-state index contributed by atoms with van der Waals surface area (Å²) < 4.78 is 18.5. The second-order valence-corrected chi connectivity index (χ2v) is 5.63. The fraction of sp³-hybridized carbons (Fsp3) is 0.571. The molecular formula is C14H20ClFN2O2. The molecule has 4 nitrogen and oxygen atoms in total. The molecule has 0 amide bonds. The van der Waals surface area contributed by atoms with Crippen molar-refractivity contribution < 1.29 is 14.2 Å². The van der Waals surface area contributed by atoms with Crippen LogP contribution in [-0.4, -0.2) is 36.4 Å². The molecule has 112 valence electrons. The molecule has 1 aliphatic carbocycles. The van der Waals surface area contributed by atoms with Gasteiger partial charge in [-0.2, -0.15) is 0 Å². The maximum absolute atomic E-state index is 13.2. The van der Waals surface area contributed by atoms with Crippen molar-refractivity contribution in [3.8, 4) is 5.75 Å². The van der Waals surface area contributed by atoms with E-state index in [0.29, 0.717) is 18.3 Å². The highest BCUT2D eigenvalue weighted by Crippen LogP contribution is 2.20. The third-order valence-corrected chi connectivity index (χ3v) is 3.76. The first kappa shape index (κ1) is 15.5. The van der Waals surface area contributed by atoms with Gasteiger partial charge in [0, 0.05) is 24.7 Å². The van der Waals surface area contributed by atoms with Crippen molar-refractivity contribution in [2.75, 3.05) is 13.2 Å². The molecule has 20 heavy (non-hydrogen) atoms. The highest BCUT2D eigenvalue weighted by Gasteiger charge is 2.21. The molecule has 6 heteroatoms. The summed E-state index contributed by atoms with van der Waals surface area (Å²) in [7, 11) is 0. The van der Waals surface area contributed by atoms with E-state index in [1.807, 2.05) is 0 Å². The fourth-order valence-electron chi connectivity index (χ4n) is 2.32. The van der Waals surface area contributed by atoms with Gasteiger partial charge in [-0.25, -0.2) is 4.39 Å². The van der Waals surface area contributed by atoms with Gasteiger partial charge in [0.1, 0.15) is 24.3 Å². The van der Waals surface area contributed by atoms with Gasteiger partial charge in [0.15, 0.2) is 0 Å². The zero-order valence-electron chi connectivity index (χ0n) is 11.2. The van der Waals surface area contributed by atoms with E-state index >= 15 is 0 Å². The van der Waals surface area contributed by atoms with Crippen LogP contribution >= 0.6 is 11.6 Å². The summed E-state index contributed by atoms with van der Waals surface area (Å²) in [6.45, 7) is 0.542. The molecule has 0 spiro atoms.